The molecule has 0 radical (unpaired) electrons. The number of hydrogen-bond donors (Lipinski definition) is 2. The molecule has 8 rings (SSSR count). The van der Waals surface area contributed by atoms with Crippen LogP contribution in [0.25, 0.3) is 0 Å². The first-order valence-corrected chi connectivity index (χ1v) is 26.8. The van der Waals surface area contributed by atoms with Gasteiger partial charge in [-0.15, -0.1) is 0 Å². The van der Waals surface area contributed by atoms with Gasteiger partial charge in [0.2, 0.25) is 0 Å². The van der Waals surface area contributed by atoms with E-state index in [9.17, 15) is 19.8 Å². The fourth-order valence-corrected chi connectivity index (χ4v) is 19.6. The second kappa shape index (κ2) is 18.9. The quantitative estimate of drug-likeness (QED) is 0.213. The zero-order valence-corrected chi connectivity index (χ0v) is 42.1. The van der Waals surface area contributed by atoms with Gasteiger partial charge in [-0.25, -0.2) is 0 Å². The van der Waals surface area contributed by atoms with Crippen molar-refractivity contribution in [2.24, 2.45) is 116 Å². The molecule has 0 spiro atoms. The number of aliphatic hydroxyl groups excluding tert-OH is 2. The SMILES string of the molecule is CC[C@H]1[C@@H](O)[C@@H]2[C@H](CC[C@]3(C)[C@@H]([C@H](C)CCC(=O)OC)CC[C@@H]23)[C@@]2(C)CCC(C)C[C@@H]12.CC[C@H]1[C@@H](O)[C@@H]2[C@H](CC[C@]3(C)[C@@H]([C@H](C)CCC(=O)OC)CC[C@@H]23)[C@@]2(C)CCC(C)C[C@@H]12. The summed E-state index contributed by atoms with van der Waals surface area (Å²) in [5.74, 6) is 9.96. The van der Waals surface area contributed by atoms with Gasteiger partial charge in [-0.05, 0) is 206 Å². The van der Waals surface area contributed by atoms with Crippen LogP contribution in [-0.2, 0) is 19.1 Å². The topological polar surface area (TPSA) is 93.1 Å². The third-order valence-electron chi connectivity index (χ3n) is 22.9. The summed E-state index contributed by atoms with van der Waals surface area (Å²) in [6, 6.07) is 0. The van der Waals surface area contributed by atoms with Crippen LogP contribution >= 0.6 is 0 Å². The predicted molar refractivity (Wildman–Crippen MR) is 251 cm³/mol. The molecule has 356 valence electrons. The van der Waals surface area contributed by atoms with Crippen molar-refractivity contribution < 1.29 is 29.3 Å². The van der Waals surface area contributed by atoms with Crippen LogP contribution in [0.5, 0.6) is 0 Å². The number of methoxy groups -OCH3 is 2. The van der Waals surface area contributed by atoms with E-state index < -0.39 is 0 Å². The second-order valence-electron chi connectivity index (χ2n) is 25.3. The van der Waals surface area contributed by atoms with Crippen molar-refractivity contribution in [1.82, 2.24) is 0 Å². The van der Waals surface area contributed by atoms with E-state index in [2.05, 4.69) is 69.2 Å². The van der Waals surface area contributed by atoms with Crippen molar-refractivity contribution in [3.05, 3.63) is 0 Å². The van der Waals surface area contributed by atoms with E-state index in [-0.39, 0.29) is 24.1 Å². The monoisotopic (exact) mass is 865 g/mol. The van der Waals surface area contributed by atoms with Crippen molar-refractivity contribution in [2.75, 3.05) is 14.2 Å². The molecular weight excluding hydrogens is 769 g/mol. The average molecular weight is 865 g/mol. The molecule has 0 aromatic carbocycles. The molecule has 0 aromatic rings. The summed E-state index contributed by atoms with van der Waals surface area (Å²) in [5.41, 5.74) is 1.49. The Morgan fingerprint density at radius 1 is 0.532 bits per heavy atom. The summed E-state index contributed by atoms with van der Waals surface area (Å²) in [6.45, 7) is 24.5. The third-order valence-corrected chi connectivity index (χ3v) is 22.9. The molecule has 62 heavy (non-hydrogen) atoms. The first-order chi connectivity index (χ1) is 29.3. The molecule has 6 heteroatoms. The first-order valence-electron chi connectivity index (χ1n) is 26.8. The van der Waals surface area contributed by atoms with Crippen molar-refractivity contribution in [1.29, 1.82) is 0 Å². The Morgan fingerprint density at radius 3 is 1.21 bits per heavy atom. The fraction of sp³-hybridized carbons (Fsp3) is 0.964. The lowest BCUT2D eigenvalue weighted by atomic mass is 9.41. The highest BCUT2D eigenvalue weighted by molar-refractivity contribution is 5.69. The van der Waals surface area contributed by atoms with Crippen LogP contribution in [0.4, 0.5) is 0 Å². The van der Waals surface area contributed by atoms with Gasteiger partial charge in [0.25, 0.3) is 0 Å². The maximum Gasteiger partial charge on any atom is 0.305 e. The number of aliphatic hydroxyl groups is 2. The minimum Gasteiger partial charge on any atom is -0.469 e. The van der Waals surface area contributed by atoms with E-state index in [0.717, 1.165) is 37.5 Å². The van der Waals surface area contributed by atoms with Crippen molar-refractivity contribution in [3.63, 3.8) is 0 Å². The molecule has 8 saturated carbocycles. The van der Waals surface area contributed by atoms with Crippen molar-refractivity contribution in [2.45, 2.75) is 210 Å². The van der Waals surface area contributed by atoms with Gasteiger partial charge in [0.05, 0.1) is 26.4 Å². The van der Waals surface area contributed by atoms with Gasteiger partial charge in [0, 0.05) is 12.8 Å². The zero-order chi connectivity index (χ0) is 45.1. The summed E-state index contributed by atoms with van der Waals surface area (Å²) < 4.78 is 9.80. The highest BCUT2D eigenvalue weighted by Crippen LogP contribution is 2.72. The molecule has 0 aliphatic heterocycles. The van der Waals surface area contributed by atoms with Gasteiger partial charge in [0.15, 0.2) is 0 Å². The lowest BCUT2D eigenvalue weighted by molar-refractivity contribution is -0.198. The van der Waals surface area contributed by atoms with Crippen LogP contribution in [0.15, 0.2) is 0 Å². The Balaban J connectivity index is 0.000000186. The van der Waals surface area contributed by atoms with Gasteiger partial charge in [-0.3, -0.25) is 9.59 Å². The van der Waals surface area contributed by atoms with E-state index in [4.69, 9.17) is 9.47 Å². The molecular formula is C56H96O6. The molecule has 0 amide bonds. The Morgan fingerprint density at radius 2 is 0.871 bits per heavy atom. The maximum atomic E-state index is 11.8. The van der Waals surface area contributed by atoms with Crippen LogP contribution in [-0.4, -0.2) is 48.6 Å². The number of fused-ring (bicyclic) bond motifs is 10. The summed E-state index contributed by atoms with van der Waals surface area (Å²) in [7, 11) is 2.99. The summed E-state index contributed by atoms with van der Waals surface area (Å²) in [5, 5.41) is 23.7. The molecule has 6 nitrogen and oxygen atoms in total. The average Bonchev–Trinajstić information content (AvgIpc) is 3.80. The van der Waals surface area contributed by atoms with Crippen molar-refractivity contribution in [3.8, 4) is 0 Å². The molecule has 0 saturated heterocycles. The van der Waals surface area contributed by atoms with E-state index >= 15 is 0 Å². The molecule has 0 aromatic heterocycles. The van der Waals surface area contributed by atoms with Crippen LogP contribution < -0.4 is 0 Å². The predicted octanol–water partition coefficient (Wildman–Crippen LogP) is 13.0. The number of carbonyl (C=O) groups excluding carboxylic acids is 2. The third kappa shape index (κ3) is 8.22. The number of carbonyl (C=O) groups is 2. The van der Waals surface area contributed by atoms with E-state index in [0.29, 0.717) is 117 Å². The lowest BCUT2D eigenvalue weighted by Gasteiger charge is -2.65. The highest BCUT2D eigenvalue weighted by Gasteiger charge is 2.66. The Bertz CT molecular complexity index is 1430. The number of hydrogen-bond acceptors (Lipinski definition) is 6. The smallest absolute Gasteiger partial charge is 0.305 e. The van der Waals surface area contributed by atoms with Crippen LogP contribution in [0, 0.1) is 116 Å². The van der Waals surface area contributed by atoms with Gasteiger partial charge >= 0.3 is 11.9 Å². The first kappa shape index (κ1) is 48.8. The van der Waals surface area contributed by atoms with Crippen LogP contribution in [0.1, 0.15) is 198 Å². The van der Waals surface area contributed by atoms with E-state index in [1.165, 1.54) is 104 Å². The van der Waals surface area contributed by atoms with Gasteiger partial charge in [0.1, 0.15) is 0 Å². The van der Waals surface area contributed by atoms with Crippen LogP contribution in [0.3, 0.4) is 0 Å². The summed E-state index contributed by atoms with van der Waals surface area (Å²) in [4.78, 5) is 23.5. The fourth-order valence-electron chi connectivity index (χ4n) is 19.6. The zero-order valence-electron chi connectivity index (χ0n) is 42.1. The lowest BCUT2D eigenvalue weighted by Crippen LogP contribution is -2.61. The second-order valence-corrected chi connectivity index (χ2v) is 25.3. The van der Waals surface area contributed by atoms with Crippen LogP contribution in [0.2, 0.25) is 0 Å². The van der Waals surface area contributed by atoms with Gasteiger partial charge in [-0.1, -0.05) is 94.9 Å². The Labute approximate surface area is 380 Å². The largest absolute Gasteiger partial charge is 0.469 e. The summed E-state index contributed by atoms with van der Waals surface area (Å²) >= 11 is 0. The molecule has 2 N–H and O–H groups in total. The molecule has 0 bridgehead atoms. The van der Waals surface area contributed by atoms with E-state index in [1.807, 2.05) is 0 Å². The standard InChI is InChI=1S/2C28H48O3/c2*1-7-19-23-16-17(2)12-14-28(23,5)22-13-15-27(4)20(18(3)8-11-24(29)31-6)9-10-21(27)25(22)26(19)30/h2*17-23,25-26,30H,7-16H2,1-6H3/t2*17?,18-,19-,20-,21+,22+,23+,25+,26-,27-,28-/m11/s1. The minimum absolute atomic E-state index is 0.0748. The molecule has 8 fully saturated rings. The molecule has 2 unspecified atom stereocenters. The Hall–Kier alpha value is -1.14. The van der Waals surface area contributed by atoms with Gasteiger partial charge in [-0.2, -0.15) is 0 Å². The van der Waals surface area contributed by atoms with Crippen molar-refractivity contribution >= 4 is 11.9 Å². The number of ether oxygens (including phenoxy) is 2. The molecule has 22 atom stereocenters. The maximum absolute atomic E-state index is 11.8. The minimum atomic E-state index is -0.118. The highest BCUT2D eigenvalue weighted by atomic mass is 16.5. The van der Waals surface area contributed by atoms with E-state index in [1.54, 1.807) is 0 Å². The molecule has 8 aliphatic rings. The molecule has 8 aliphatic carbocycles. The number of esters is 2. The van der Waals surface area contributed by atoms with Gasteiger partial charge < -0.3 is 19.7 Å². The number of rotatable bonds is 10. The molecule has 0 heterocycles. The summed E-state index contributed by atoms with van der Waals surface area (Å²) in [6.07, 6.45) is 23.4. The Kier molecular flexibility index (Phi) is 14.8. The normalized spacial score (nSPS) is 50.2.